The van der Waals surface area contributed by atoms with Crippen molar-refractivity contribution in [2.45, 2.75) is 64.1 Å². The molecule has 6 rings (SSSR count). The van der Waals surface area contributed by atoms with Crippen LogP contribution in [0.1, 0.15) is 78.5 Å². The molecule has 44 heavy (non-hydrogen) atoms. The summed E-state index contributed by atoms with van der Waals surface area (Å²) >= 11 is 0. The summed E-state index contributed by atoms with van der Waals surface area (Å²) in [6.07, 6.45) is 4.96. The third-order valence-electron chi connectivity index (χ3n) is 10.4. The maximum atomic E-state index is 11.3. The van der Waals surface area contributed by atoms with Crippen molar-refractivity contribution in [3.8, 4) is 11.5 Å². The number of carboxylic acids is 1. The van der Waals surface area contributed by atoms with Crippen LogP contribution in [0, 0.1) is 5.41 Å². The molecular weight excluding hydrogens is 550 g/mol. The molecule has 3 aliphatic rings. The van der Waals surface area contributed by atoms with Crippen molar-refractivity contribution >= 4 is 11.7 Å². The second-order valence-corrected chi connectivity index (χ2v) is 13.4. The largest absolute Gasteiger partial charge is 0.493 e. The third kappa shape index (κ3) is 6.18. The lowest BCUT2D eigenvalue weighted by atomic mass is 9.59. The molecule has 3 aromatic carbocycles. The number of hydrogen-bond acceptors (Lipinski definition) is 6. The Hall–Kier alpha value is -3.55. The molecule has 1 unspecified atom stereocenters. The van der Waals surface area contributed by atoms with Crippen LogP contribution >= 0.6 is 0 Å². The first-order chi connectivity index (χ1) is 21.3. The first kappa shape index (κ1) is 30.5. The summed E-state index contributed by atoms with van der Waals surface area (Å²) < 4.78 is 11.1. The van der Waals surface area contributed by atoms with Crippen molar-refractivity contribution in [2.75, 3.05) is 51.8 Å². The Morgan fingerprint density at radius 3 is 2.27 bits per heavy atom. The number of hydrogen-bond donors (Lipinski definition) is 1. The predicted octanol–water partition coefficient (Wildman–Crippen LogP) is 6.83. The van der Waals surface area contributed by atoms with E-state index >= 15 is 0 Å². The summed E-state index contributed by atoms with van der Waals surface area (Å²) in [6, 6.07) is 23.8. The van der Waals surface area contributed by atoms with Crippen LogP contribution < -0.4 is 14.4 Å². The van der Waals surface area contributed by atoms with Crippen LogP contribution in [0.25, 0.3) is 0 Å². The molecule has 2 heterocycles. The van der Waals surface area contributed by atoms with Gasteiger partial charge in [0.1, 0.15) is 0 Å². The smallest absolute Gasteiger partial charge is 0.335 e. The van der Waals surface area contributed by atoms with Crippen molar-refractivity contribution in [3.63, 3.8) is 0 Å². The average Bonchev–Trinajstić information content (AvgIpc) is 3.03. The van der Waals surface area contributed by atoms with Crippen LogP contribution in [-0.4, -0.2) is 73.9 Å². The van der Waals surface area contributed by atoms with E-state index in [-0.39, 0.29) is 0 Å². The lowest BCUT2D eigenvalue weighted by Gasteiger charge is -2.58. The van der Waals surface area contributed by atoms with E-state index in [1.807, 2.05) is 18.2 Å². The number of rotatable bonds is 9. The minimum Gasteiger partial charge on any atom is -0.493 e. The zero-order chi connectivity index (χ0) is 30.8. The molecule has 1 N–H and O–H groups in total. The summed E-state index contributed by atoms with van der Waals surface area (Å²) in [5, 5.41) is 9.25. The highest BCUT2D eigenvalue weighted by atomic mass is 16.5. The van der Waals surface area contributed by atoms with Gasteiger partial charge in [0.2, 0.25) is 0 Å². The molecule has 0 amide bonds. The maximum Gasteiger partial charge on any atom is 0.335 e. The molecule has 0 radical (unpaired) electrons. The van der Waals surface area contributed by atoms with E-state index < -0.39 is 5.97 Å². The SMILES string of the molecule is COc1ccc(CN2CCN(C3CC4(CCN(c5ccc(C(=O)O)cc5)CC4)C3)C(c3ccccc3C(C)C)C2)cc1OC. The van der Waals surface area contributed by atoms with Gasteiger partial charge in [-0.3, -0.25) is 9.80 Å². The van der Waals surface area contributed by atoms with E-state index in [1.54, 1.807) is 26.4 Å². The summed E-state index contributed by atoms with van der Waals surface area (Å²) in [4.78, 5) is 19.1. The summed E-state index contributed by atoms with van der Waals surface area (Å²) in [7, 11) is 3.38. The highest BCUT2D eigenvalue weighted by molar-refractivity contribution is 5.88. The molecule has 3 aromatic rings. The van der Waals surface area contributed by atoms with E-state index in [2.05, 4.69) is 64.9 Å². The minimum atomic E-state index is -0.870. The quantitative estimate of drug-likeness (QED) is 0.290. The van der Waals surface area contributed by atoms with Crippen molar-refractivity contribution in [3.05, 3.63) is 89.0 Å². The average molecular weight is 598 g/mol. The Morgan fingerprint density at radius 1 is 0.909 bits per heavy atom. The number of carboxylic acid groups (broad SMARTS) is 1. The van der Waals surface area contributed by atoms with Crippen LogP contribution in [0.15, 0.2) is 66.7 Å². The molecule has 0 aromatic heterocycles. The number of aromatic carboxylic acids is 1. The van der Waals surface area contributed by atoms with E-state index in [0.29, 0.717) is 29.0 Å². The van der Waals surface area contributed by atoms with Gasteiger partial charge >= 0.3 is 5.97 Å². The van der Waals surface area contributed by atoms with Crippen molar-refractivity contribution < 1.29 is 19.4 Å². The first-order valence-corrected chi connectivity index (χ1v) is 16.2. The minimum absolute atomic E-state index is 0.349. The lowest BCUT2D eigenvalue weighted by molar-refractivity contribution is -0.0628. The van der Waals surface area contributed by atoms with E-state index in [0.717, 1.165) is 56.5 Å². The van der Waals surface area contributed by atoms with Gasteiger partial charge in [0.05, 0.1) is 19.8 Å². The van der Waals surface area contributed by atoms with Gasteiger partial charge in [-0.15, -0.1) is 0 Å². The highest BCUT2D eigenvalue weighted by Gasteiger charge is 2.50. The van der Waals surface area contributed by atoms with Crippen LogP contribution in [0.5, 0.6) is 11.5 Å². The Bertz CT molecular complexity index is 1440. The summed E-state index contributed by atoms with van der Waals surface area (Å²) in [5.74, 6) is 1.17. The highest BCUT2D eigenvalue weighted by Crippen LogP contribution is 2.53. The Labute approximate surface area is 262 Å². The zero-order valence-corrected chi connectivity index (χ0v) is 26.7. The Morgan fingerprint density at radius 2 is 1.61 bits per heavy atom. The fourth-order valence-electron chi connectivity index (χ4n) is 7.93. The van der Waals surface area contributed by atoms with Gasteiger partial charge in [0.25, 0.3) is 0 Å². The molecule has 0 bridgehead atoms. The second-order valence-electron chi connectivity index (χ2n) is 13.4. The van der Waals surface area contributed by atoms with Gasteiger partial charge < -0.3 is 19.5 Å². The summed E-state index contributed by atoms with van der Waals surface area (Å²) in [5.41, 5.74) is 6.12. The van der Waals surface area contributed by atoms with Gasteiger partial charge in [-0.05, 0) is 90.1 Å². The fraction of sp³-hybridized carbons (Fsp3) is 0.486. The second kappa shape index (κ2) is 12.8. The third-order valence-corrected chi connectivity index (χ3v) is 10.4. The number of piperazine rings is 1. The van der Waals surface area contributed by atoms with E-state index in [9.17, 15) is 9.90 Å². The normalized spacial score (nSPS) is 20.9. The van der Waals surface area contributed by atoms with Gasteiger partial charge in [-0.25, -0.2) is 4.79 Å². The number of anilines is 1. The molecule has 7 nitrogen and oxygen atoms in total. The molecule has 7 heteroatoms. The number of ether oxygens (including phenoxy) is 2. The van der Waals surface area contributed by atoms with Gasteiger partial charge in [0, 0.05) is 57.0 Å². The van der Waals surface area contributed by atoms with E-state index in [1.165, 1.54) is 42.4 Å². The molecular formula is C37H47N3O4. The predicted molar refractivity (Wildman–Crippen MR) is 175 cm³/mol. The van der Waals surface area contributed by atoms with Crippen LogP contribution in [0.3, 0.4) is 0 Å². The van der Waals surface area contributed by atoms with Crippen LogP contribution in [0.2, 0.25) is 0 Å². The first-order valence-electron chi connectivity index (χ1n) is 16.2. The zero-order valence-electron chi connectivity index (χ0n) is 26.7. The Balaban J connectivity index is 1.14. The molecule has 2 saturated heterocycles. The molecule has 1 atom stereocenters. The van der Waals surface area contributed by atoms with Crippen molar-refractivity contribution in [1.82, 2.24) is 9.80 Å². The molecule has 1 saturated carbocycles. The van der Waals surface area contributed by atoms with Gasteiger partial charge in [-0.2, -0.15) is 0 Å². The van der Waals surface area contributed by atoms with Gasteiger partial charge in [0.15, 0.2) is 11.5 Å². The lowest BCUT2D eigenvalue weighted by Crippen LogP contribution is -2.60. The molecule has 3 fully saturated rings. The van der Waals surface area contributed by atoms with Crippen LogP contribution in [-0.2, 0) is 6.54 Å². The van der Waals surface area contributed by atoms with Gasteiger partial charge in [-0.1, -0.05) is 44.2 Å². The topological polar surface area (TPSA) is 65.5 Å². The van der Waals surface area contributed by atoms with Crippen molar-refractivity contribution in [1.29, 1.82) is 0 Å². The van der Waals surface area contributed by atoms with Crippen molar-refractivity contribution in [2.24, 2.45) is 5.41 Å². The fourth-order valence-corrected chi connectivity index (χ4v) is 7.93. The van der Waals surface area contributed by atoms with E-state index in [4.69, 9.17) is 9.47 Å². The molecule has 234 valence electrons. The molecule has 2 aliphatic heterocycles. The standard InChI is InChI=1S/C37H47N3O4/c1-26(2)31-7-5-6-8-32(31)33-25-38(24-27-9-14-34(43-3)35(21-27)44-4)19-20-40(33)30-22-37(23-30)15-17-39(18-16-37)29-12-10-28(11-13-29)36(41)42/h5-14,21,26,30,33H,15-20,22-25H2,1-4H3,(H,41,42). The number of benzene rings is 3. The number of piperidine rings is 1. The number of nitrogens with zero attached hydrogens (tertiary/aromatic N) is 3. The number of methoxy groups -OCH3 is 2. The molecule has 1 aliphatic carbocycles. The number of carbonyl (C=O) groups is 1. The summed E-state index contributed by atoms with van der Waals surface area (Å²) in [6.45, 7) is 10.7. The maximum absolute atomic E-state index is 11.3. The van der Waals surface area contributed by atoms with Crippen LogP contribution in [0.4, 0.5) is 5.69 Å². The Kier molecular flexibility index (Phi) is 8.88. The molecule has 1 spiro atoms. The monoisotopic (exact) mass is 597 g/mol.